The van der Waals surface area contributed by atoms with Crippen molar-refractivity contribution in [1.29, 1.82) is 0 Å². The molecule has 0 amide bonds. The van der Waals surface area contributed by atoms with Crippen LogP contribution in [0.2, 0.25) is 19.6 Å². The average molecular weight is 250 g/mol. The van der Waals surface area contributed by atoms with E-state index in [9.17, 15) is 0 Å². The van der Waals surface area contributed by atoms with Gasteiger partial charge in [0.05, 0.1) is 0 Å². The summed E-state index contributed by atoms with van der Waals surface area (Å²) in [5.41, 5.74) is 7.69. The zero-order chi connectivity index (χ0) is 12.8. The van der Waals surface area contributed by atoms with Gasteiger partial charge in [0.2, 0.25) is 0 Å². The lowest BCUT2D eigenvalue weighted by Gasteiger charge is -2.06. The summed E-state index contributed by atoms with van der Waals surface area (Å²) in [6, 6.07) is 11.1. The summed E-state index contributed by atoms with van der Waals surface area (Å²) in [7, 11) is -1.30. The Morgan fingerprint density at radius 1 is 0.944 bits per heavy atom. The maximum atomic E-state index is 3.48. The molecule has 0 radical (unpaired) electrons. The fourth-order valence-corrected chi connectivity index (χ4v) is 3.12. The Balaban J connectivity index is 2.23. The molecule has 0 nitrogen and oxygen atoms in total. The minimum Gasteiger partial charge on any atom is -0.127 e. The number of rotatable bonds is 0. The molecule has 0 saturated heterocycles. The first-order valence-electron chi connectivity index (χ1n) is 6.61. The van der Waals surface area contributed by atoms with E-state index in [1.54, 1.807) is 0 Å². The van der Waals surface area contributed by atoms with Crippen molar-refractivity contribution >= 4 is 18.8 Å². The van der Waals surface area contributed by atoms with Crippen molar-refractivity contribution in [3.8, 4) is 11.5 Å². The molecule has 0 saturated carbocycles. The highest BCUT2D eigenvalue weighted by atomic mass is 28.3. The Hall–Kier alpha value is -1.52. The van der Waals surface area contributed by atoms with Gasteiger partial charge in [0.15, 0.2) is 0 Å². The maximum Gasteiger partial charge on any atom is 0.129 e. The highest BCUT2D eigenvalue weighted by molar-refractivity contribution is 6.83. The first-order chi connectivity index (χ1) is 8.54. The first-order valence-corrected chi connectivity index (χ1v) is 10.1. The molecule has 3 rings (SSSR count). The van der Waals surface area contributed by atoms with Gasteiger partial charge in [-0.2, -0.15) is 0 Å². The zero-order valence-electron chi connectivity index (χ0n) is 11.3. The van der Waals surface area contributed by atoms with Crippen molar-refractivity contribution in [3.05, 3.63) is 47.0 Å². The van der Waals surface area contributed by atoms with Gasteiger partial charge in [0.25, 0.3) is 0 Å². The van der Waals surface area contributed by atoms with Crippen LogP contribution in [-0.4, -0.2) is 8.07 Å². The quantitative estimate of drug-likeness (QED) is 0.486. The fraction of sp³-hybridized carbons (Fsp3) is 0.294. The molecule has 0 unspecified atom stereocenters. The standard InChI is InChI=1S/C17H18Si/c1-18(2,3)12-11-13-7-8-15-10-9-14-5-4-6-16(13)17(14)15/h4-8H,9-10H2,1-3H3. The van der Waals surface area contributed by atoms with E-state index in [0.29, 0.717) is 0 Å². The predicted molar refractivity (Wildman–Crippen MR) is 81.6 cm³/mol. The minimum absolute atomic E-state index is 1.19. The number of benzene rings is 2. The summed E-state index contributed by atoms with van der Waals surface area (Å²) in [5, 5.41) is 2.83. The van der Waals surface area contributed by atoms with Crippen LogP contribution in [0.3, 0.4) is 0 Å². The van der Waals surface area contributed by atoms with Crippen LogP contribution in [0.25, 0.3) is 10.8 Å². The Labute approximate surface area is 110 Å². The molecule has 0 spiro atoms. The lowest BCUT2D eigenvalue weighted by atomic mass is 10.0. The predicted octanol–water partition coefficient (Wildman–Crippen LogP) is 4.17. The summed E-state index contributed by atoms with van der Waals surface area (Å²) >= 11 is 0. The summed E-state index contributed by atoms with van der Waals surface area (Å²) in [4.78, 5) is 0. The van der Waals surface area contributed by atoms with Crippen molar-refractivity contribution in [2.45, 2.75) is 32.5 Å². The summed E-state index contributed by atoms with van der Waals surface area (Å²) in [6.45, 7) is 6.88. The summed E-state index contributed by atoms with van der Waals surface area (Å²) in [5.74, 6) is 3.42. The van der Waals surface area contributed by atoms with E-state index in [1.807, 2.05) is 0 Å². The van der Waals surface area contributed by atoms with Crippen LogP contribution in [-0.2, 0) is 12.8 Å². The summed E-state index contributed by atoms with van der Waals surface area (Å²) in [6.07, 6.45) is 2.38. The second-order valence-electron chi connectivity index (χ2n) is 6.11. The van der Waals surface area contributed by atoms with Crippen LogP contribution in [0, 0.1) is 11.5 Å². The smallest absolute Gasteiger partial charge is 0.127 e. The van der Waals surface area contributed by atoms with Crippen LogP contribution < -0.4 is 0 Å². The van der Waals surface area contributed by atoms with Gasteiger partial charge in [-0.25, -0.2) is 0 Å². The molecular formula is C17H18Si. The molecule has 1 aliphatic carbocycles. The topological polar surface area (TPSA) is 0 Å². The van der Waals surface area contributed by atoms with E-state index in [-0.39, 0.29) is 0 Å². The van der Waals surface area contributed by atoms with Crippen LogP contribution in [0.5, 0.6) is 0 Å². The van der Waals surface area contributed by atoms with Crippen molar-refractivity contribution in [2.24, 2.45) is 0 Å². The van der Waals surface area contributed by atoms with Gasteiger partial charge in [-0.15, -0.1) is 5.54 Å². The Morgan fingerprint density at radius 2 is 1.67 bits per heavy atom. The van der Waals surface area contributed by atoms with Crippen LogP contribution in [0.15, 0.2) is 30.3 Å². The van der Waals surface area contributed by atoms with E-state index >= 15 is 0 Å². The van der Waals surface area contributed by atoms with E-state index in [0.717, 1.165) is 0 Å². The Bertz CT molecular complexity index is 668. The average Bonchev–Trinajstić information content (AvgIpc) is 2.73. The van der Waals surface area contributed by atoms with Gasteiger partial charge < -0.3 is 0 Å². The van der Waals surface area contributed by atoms with Crippen molar-refractivity contribution in [2.75, 3.05) is 0 Å². The normalized spacial score (nSPS) is 13.5. The lowest BCUT2D eigenvalue weighted by molar-refractivity contribution is 1.02. The van der Waals surface area contributed by atoms with Crippen LogP contribution in [0.1, 0.15) is 16.7 Å². The fourth-order valence-electron chi connectivity index (χ4n) is 2.61. The largest absolute Gasteiger partial charge is 0.129 e. The number of hydrogen-bond donors (Lipinski definition) is 0. The second kappa shape index (κ2) is 4.00. The first kappa shape index (κ1) is 11.6. The maximum absolute atomic E-state index is 3.48. The van der Waals surface area contributed by atoms with E-state index in [4.69, 9.17) is 0 Å². The molecule has 1 aliphatic rings. The molecule has 2 aromatic carbocycles. The number of aryl methyl sites for hydroxylation is 2. The molecule has 90 valence electrons. The van der Waals surface area contributed by atoms with Crippen molar-refractivity contribution in [1.82, 2.24) is 0 Å². The Morgan fingerprint density at radius 3 is 2.39 bits per heavy atom. The highest BCUT2D eigenvalue weighted by Gasteiger charge is 2.15. The molecule has 2 aromatic rings. The summed E-state index contributed by atoms with van der Waals surface area (Å²) < 4.78 is 0. The van der Waals surface area contributed by atoms with Crippen LogP contribution in [0.4, 0.5) is 0 Å². The molecule has 1 heteroatoms. The molecule has 0 fully saturated rings. The van der Waals surface area contributed by atoms with Crippen molar-refractivity contribution < 1.29 is 0 Å². The van der Waals surface area contributed by atoms with Crippen LogP contribution >= 0.6 is 0 Å². The molecule has 0 bridgehead atoms. The van der Waals surface area contributed by atoms with E-state index in [1.165, 1.54) is 40.3 Å². The molecule has 0 heterocycles. The third-order valence-electron chi connectivity index (χ3n) is 3.45. The molecule has 0 atom stereocenters. The van der Waals surface area contributed by atoms with Crippen molar-refractivity contribution in [3.63, 3.8) is 0 Å². The van der Waals surface area contributed by atoms with Gasteiger partial charge in [-0.1, -0.05) is 49.8 Å². The number of hydrogen-bond acceptors (Lipinski definition) is 0. The van der Waals surface area contributed by atoms with E-state index < -0.39 is 8.07 Å². The Kier molecular flexibility index (Phi) is 2.57. The minimum atomic E-state index is -1.30. The van der Waals surface area contributed by atoms with Gasteiger partial charge in [0.1, 0.15) is 8.07 Å². The van der Waals surface area contributed by atoms with Gasteiger partial charge in [-0.3, -0.25) is 0 Å². The zero-order valence-corrected chi connectivity index (χ0v) is 12.3. The third-order valence-corrected chi connectivity index (χ3v) is 4.32. The molecule has 18 heavy (non-hydrogen) atoms. The molecule has 0 aliphatic heterocycles. The van der Waals surface area contributed by atoms with Gasteiger partial charge in [-0.05, 0) is 40.8 Å². The lowest BCUT2D eigenvalue weighted by Crippen LogP contribution is -2.16. The van der Waals surface area contributed by atoms with Gasteiger partial charge in [0, 0.05) is 5.56 Å². The highest BCUT2D eigenvalue weighted by Crippen LogP contribution is 2.32. The molecule has 0 N–H and O–H groups in total. The monoisotopic (exact) mass is 250 g/mol. The molecular weight excluding hydrogens is 232 g/mol. The van der Waals surface area contributed by atoms with Gasteiger partial charge >= 0.3 is 0 Å². The third kappa shape index (κ3) is 1.98. The SMILES string of the molecule is C[Si](C)(C)C#Cc1ccc2c3c(cccc13)CC2. The second-order valence-corrected chi connectivity index (χ2v) is 10.9. The molecule has 0 aromatic heterocycles. The van der Waals surface area contributed by atoms with E-state index in [2.05, 4.69) is 61.4 Å².